The summed E-state index contributed by atoms with van der Waals surface area (Å²) in [6.45, 7) is 2.45. The Morgan fingerprint density at radius 1 is 1.50 bits per heavy atom. The summed E-state index contributed by atoms with van der Waals surface area (Å²) in [5.74, 6) is 1.07. The van der Waals surface area contributed by atoms with Crippen LogP contribution in [0.5, 0.6) is 0 Å². The summed E-state index contributed by atoms with van der Waals surface area (Å²) < 4.78 is 5.55. The van der Waals surface area contributed by atoms with Crippen molar-refractivity contribution < 1.29 is 14.6 Å². The minimum Gasteiger partial charge on any atom is -0.478 e. The van der Waals surface area contributed by atoms with Crippen molar-refractivity contribution in [3.05, 3.63) is 36.2 Å². The molecule has 1 aliphatic heterocycles. The quantitative estimate of drug-likeness (QED) is 0.778. The summed E-state index contributed by atoms with van der Waals surface area (Å²) in [6, 6.07) is 7.08. The Balaban J connectivity index is 1.91. The molecule has 3 rings (SSSR count). The van der Waals surface area contributed by atoms with E-state index in [-0.39, 0.29) is 0 Å². The minimum atomic E-state index is -1.11. The fourth-order valence-corrected chi connectivity index (χ4v) is 2.24. The number of hydrazone groups is 1. The van der Waals surface area contributed by atoms with Crippen LogP contribution in [0.25, 0.3) is 0 Å². The third-order valence-corrected chi connectivity index (χ3v) is 3.38. The molecule has 1 aromatic carbocycles. The third-order valence-electron chi connectivity index (χ3n) is 3.38. The van der Waals surface area contributed by atoms with Crippen molar-refractivity contribution >= 4 is 23.2 Å². The second-order valence-electron chi connectivity index (χ2n) is 5.11. The van der Waals surface area contributed by atoms with Gasteiger partial charge in [-0.2, -0.15) is 10.2 Å². The Bertz CT molecular complexity index is 637. The van der Waals surface area contributed by atoms with Crippen molar-refractivity contribution in [3.8, 4) is 0 Å². The normalized spacial score (nSPS) is 17.2. The number of carboxylic acid groups (broad SMARTS) is 1. The van der Waals surface area contributed by atoms with Crippen LogP contribution in [-0.4, -0.2) is 23.5 Å². The van der Waals surface area contributed by atoms with Crippen molar-refractivity contribution in [1.29, 1.82) is 0 Å². The van der Waals surface area contributed by atoms with Gasteiger partial charge in [0.2, 0.25) is 5.88 Å². The molecule has 3 N–H and O–H groups in total. The number of para-hydroxylation sites is 2. The van der Waals surface area contributed by atoms with E-state index in [9.17, 15) is 4.79 Å². The monoisotopic (exact) mass is 302 g/mol. The Morgan fingerprint density at radius 3 is 2.95 bits per heavy atom. The van der Waals surface area contributed by atoms with Gasteiger partial charge in [-0.1, -0.05) is 12.1 Å². The van der Waals surface area contributed by atoms with Crippen molar-refractivity contribution in [1.82, 2.24) is 5.43 Å². The second-order valence-corrected chi connectivity index (χ2v) is 5.11. The van der Waals surface area contributed by atoms with Gasteiger partial charge in [-0.05, 0) is 31.9 Å². The Morgan fingerprint density at radius 2 is 2.27 bits per heavy atom. The van der Waals surface area contributed by atoms with E-state index >= 15 is 0 Å². The molecule has 7 nitrogen and oxygen atoms in total. The fraction of sp³-hybridized carbons (Fsp3) is 0.333. The predicted molar refractivity (Wildman–Crippen MR) is 83.6 cm³/mol. The maximum absolute atomic E-state index is 10.9. The van der Waals surface area contributed by atoms with E-state index in [0.29, 0.717) is 29.8 Å². The summed E-state index contributed by atoms with van der Waals surface area (Å²) in [7, 11) is 0. The molecule has 0 atom stereocenters. The SMILES string of the molecule is CCOC1=CC(C2CC2)=NN(c2ccccc2NC(=O)O)N1. The van der Waals surface area contributed by atoms with Gasteiger partial charge in [0.15, 0.2) is 0 Å². The first-order chi connectivity index (χ1) is 10.7. The fourth-order valence-electron chi connectivity index (χ4n) is 2.24. The molecule has 0 bridgehead atoms. The van der Waals surface area contributed by atoms with Crippen molar-refractivity contribution in [2.45, 2.75) is 19.8 Å². The number of amides is 1. The van der Waals surface area contributed by atoms with Crippen LogP contribution in [-0.2, 0) is 4.74 Å². The molecule has 0 unspecified atom stereocenters. The zero-order chi connectivity index (χ0) is 15.5. The van der Waals surface area contributed by atoms with E-state index in [1.54, 1.807) is 23.3 Å². The van der Waals surface area contributed by atoms with E-state index in [2.05, 4.69) is 15.8 Å². The number of hydrazine groups is 1. The van der Waals surface area contributed by atoms with Gasteiger partial charge < -0.3 is 9.84 Å². The number of hydrogen-bond acceptors (Lipinski definition) is 5. The second kappa shape index (κ2) is 5.97. The number of anilines is 2. The number of nitrogens with zero attached hydrogens (tertiary/aromatic N) is 2. The molecule has 1 aliphatic carbocycles. The molecular weight excluding hydrogens is 284 g/mol. The van der Waals surface area contributed by atoms with Gasteiger partial charge in [0.1, 0.15) is 5.69 Å². The molecular formula is C15H18N4O3. The van der Waals surface area contributed by atoms with E-state index < -0.39 is 6.09 Å². The molecule has 1 saturated carbocycles. The Kier molecular flexibility index (Phi) is 3.86. The van der Waals surface area contributed by atoms with Crippen LogP contribution in [0, 0.1) is 5.92 Å². The lowest BCUT2D eigenvalue weighted by Crippen LogP contribution is -2.39. The van der Waals surface area contributed by atoms with Gasteiger partial charge in [-0.25, -0.2) is 10.2 Å². The molecule has 0 aromatic heterocycles. The number of carbonyl (C=O) groups is 1. The molecule has 0 spiro atoms. The Hall–Kier alpha value is -2.70. The van der Waals surface area contributed by atoms with Crippen LogP contribution in [0.15, 0.2) is 41.3 Å². The molecule has 1 amide bonds. The van der Waals surface area contributed by atoms with Gasteiger partial charge in [0.05, 0.1) is 18.0 Å². The summed E-state index contributed by atoms with van der Waals surface area (Å²) in [5.41, 5.74) is 5.08. The minimum absolute atomic E-state index is 0.458. The van der Waals surface area contributed by atoms with E-state index in [1.165, 1.54) is 0 Å². The molecule has 1 aromatic rings. The summed E-state index contributed by atoms with van der Waals surface area (Å²) in [4.78, 5) is 10.9. The summed E-state index contributed by atoms with van der Waals surface area (Å²) in [5, 5.41) is 17.5. The first kappa shape index (κ1) is 14.2. The predicted octanol–water partition coefficient (Wildman–Crippen LogP) is 2.74. The topological polar surface area (TPSA) is 86.2 Å². The van der Waals surface area contributed by atoms with E-state index in [4.69, 9.17) is 9.84 Å². The maximum atomic E-state index is 10.9. The van der Waals surface area contributed by atoms with Gasteiger partial charge >= 0.3 is 6.09 Å². The molecule has 7 heteroatoms. The van der Waals surface area contributed by atoms with Crippen LogP contribution < -0.4 is 15.9 Å². The van der Waals surface area contributed by atoms with Crippen LogP contribution in [0.2, 0.25) is 0 Å². The summed E-state index contributed by atoms with van der Waals surface area (Å²) >= 11 is 0. The third kappa shape index (κ3) is 3.13. The molecule has 22 heavy (non-hydrogen) atoms. The largest absolute Gasteiger partial charge is 0.478 e. The highest BCUT2D eigenvalue weighted by Crippen LogP contribution is 2.34. The molecule has 2 aliphatic rings. The number of ether oxygens (including phenoxy) is 1. The maximum Gasteiger partial charge on any atom is 0.409 e. The number of benzene rings is 1. The average Bonchev–Trinajstić information content (AvgIpc) is 3.32. The van der Waals surface area contributed by atoms with Gasteiger partial charge in [0.25, 0.3) is 0 Å². The lowest BCUT2D eigenvalue weighted by molar-refractivity contribution is 0.203. The van der Waals surface area contributed by atoms with Crippen molar-refractivity contribution in [2.24, 2.45) is 11.0 Å². The Labute approximate surface area is 128 Å². The smallest absolute Gasteiger partial charge is 0.409 e. The van der Waals surface area contributed by atoms with Crippen LogP contribution >= 0.6 is 0 Å². The highest BCUT2D eigenvalue weighted by Gasteiger charge is 2.30. The van der Waals surface area contributed by atoms with Crippen LogP contribution in [0.3, 0.4) is 0 Å². The van der Waals surface area contributed by atoms with Crippen LogP contribution in [0.4, 0.5) is 16.2 Å². The van der Waals surface area contributed by atoms with E-state index in [1.807, 2.05) is 19.1 Å². The van der Waals surface area contributed by atoms with Crippen molar-refractivity contribution in [2.75, 3.05) is 17.0 Å². The molecule has 1 fully saturated rings. The molecule has 116 valence electrons. The lowest BCUT2D eigenvalue weighted by Gasteiger charge is -2.28. The van der Waals surface area contributed by atoms with Gasteiger partial charge in [-0.3, -0.25) is 5.32 Å². The molecule has 0 saturated heterocycles. The number of hydrogen-bond donors (Lipinski definition) is 3. The van der Waals surface area contributed by atoms with Crippen LogP contribution in [0.1, 0.15) is 19.8 Å². The van der Waals surface area contributed by atoms with Crippen molar-refractivity contribution in [3.63, 3.8) is 0 Å². The highest BCUT2D eigenvalue weighted by atomic mass is 16.5. The first-order valence-electron chi connectivity index (χ1n) is 7.26. The lowest BCUT2D eigenvalue weighted by atomic mass is 10.2. The van der Waals surface area contributed by atoms with Gasteiger partial charge in [0, 0.05) is 12.0 Å². The standard InChI is InChI=1S/C15H18N4O3/c1-2-22-14-9-12(10-7-8-10)17-19(18-14)13-6-4-3-5-11(13)16-15(20)21/h3-6,9-10,16,18H,2,7-8H2,1H3,(H,20,21). The molecule has 1 heterocycles. The zero-order valence-corrected chi connectivity index (χ0v) is 12.2. The van der Waals surface area contributed by atoms with E-state index in [0.717, 1.165) is 18.6 Å². The molecule has 0 radical (unpaired) electrons. The summed E-state index contributed by atoms with van der Waals surface area (Å²) in [6.07, 6.45) is 3.04. The highest BCUT2D eigenvalue weighted by molar-refractivity contribution is 6.00. The number of allylic oxidation sites excluding steroid dienone is 1. The number of rotatable bonds is 5. The first-order valence-corrected chi connectivity index (χ1v) is 7.26. The zero-order valence-electron chi connectivity index (χ0n) is 12.2. The van der Waals surface area contributed by atoms with Gasteiger partial charge in [-0.15, -0.1) is 0 Å². The average molecular weight is 302 g/mol. The number of nitrogens with one attached hydrogen (secondary N) is 2.